The first-order valence-corrected chi connectivity index (χ1v) is 11.1. The second kappa shape index (κ2) is 6.50. The highest BCUT2D eigenvalue weighted by Crippen LogP contribution is 2.26. The molecular formula is C18H16O7S2. The second-order valence-corrected chi connectivity index (χ2v) is 9.64. The molecule has 0 fully saturated rings. The van der Waals surface area contributed by atoms with Crippen LogP contribution in [0.2, 0.25) is 0 Å². The molecule has 9 heteroatoms. The molecule has 0 unspecified atom stereocenters. The largest absolute Gasteiger partial charge is 0.422 e. The van der Waals surface area contributed by atoms with Crippen molar-refractivity contribution < 1.29 is 25.4 Å². The topological polar surface area (TPSA) is 108 Å². The summed E-state index contributed by atoms with van der Waals surface area (Å²) in [7, 11) is -7.62. The third-order valence-electron chi connectivity index (χ3n) is 4.17. The highest BCUT2D eigenvalue weighted by Gasteiger charge is 2.19. The molecule has 1 heterocycles. The van der Waals surface area contributed by atoms with E-state index in [0.29, 0.717) is 10.9 Å². The molecule has 0 atom stereocenters. The SMILES string of the molecule is Cc1c(C)c2ccc(OS(=O)(=O)c3ccc(S(C)(=O)=O)cc3)cc2oc1=O. The fraction of sp³-hybridized carbons (Fsp3) is 0.167. The molecule has 1 aromatic heterocycles. The Hall–Kier alpha value is -2.65. The molecule has 3 aromatic rings. The summed E-state index contributed by atoms with van der Waals surface area (Å²) in [6, 6.07) is 9.08. The number of benzene rings is 2. The Labute approximate surface area is 156 Å². The zero-order valence-electron chi connectivity index (χ0n) is 14.7. The highest BCUT2D eigenvalue weighted by atomic mass is 32.2. The summed E-state index contributed by atoms with van der Waals surface area (Å²) in [5.41, 5.74) is 0.932. The van der Waals surface area contributed by atoms with Gasteiger partial charge in [-0.1, -0.05) is 0 Å². The Kier molecular flexibility index (Phi) is 4.61. The van der Waals surface area contributed by atoms with Gasteiger partial charge in [0.05, 0.1) is 4.90 Å². The lowest BCUT2D eigenvalue weighted by atomic mass is 10.1. The highest BCUT2D eigenvalue weighted by molar-refractivity contribution is 7.90. The molecule has 142 valence electrons. The van der Waals surface area contributed by atoms with Crippen LogP contribution in [-0.4, -0.2) is 23.1 Å². The second-order valence-electron chi connectivity index (χ2n) is 6.08. The Balaban J connectivity index is 1.98. The van der Waals surface area contributed by atoms with Crippen molar-refractivity contribution >= 4 is 30.9 Å². The van der Waals surface area contributed by atoms with Crippen molar-refractivity contribution in [3.8, 4) is 5.75 Å². The Bertz CT molecular complexity index is 1300. The number of aryl methyl sites for hydroxylation is 1. The van der Waals surface area contributed by atoms with Gasteiger partial charge >= 0.3 is 15.7 Å². The van der Waals surface area contributed by atoms with E-state index in [1.165, 1.54) is 24.3 Å². The molecule has 0 amide bonds. The van der Waals surface area contributed by atoms with Gasteiger partial charge in [-0.3, -0.25) is 0 Å². The van der Waals surface area contributed by atoms with Crippen LogP contribution in [0.5, 0.6) is 5.75 Å². The first-order valence-electron chi connectivity index (χ1n) is 7.78. The van der Waals surface area contributed by atoms with E-state index in [-0.39, 0.29) is 21.1 Å². The van der Waals surface area contributed by atoms with Gasteiger partial charge in [-0.05, 0) is 55.8 Å². The molecule has 0 N–H and O–H groups in total. The quantitative estimate of drug-likeness (QED) is 0.482. The van der Waals surface area contributed by atoms with Crippen LogP contribution < -0.4 is 9.81 Å². The van der Waals surface area contributed by atoms with Gasteiger partial charge in [-0.15, -0.1) is 0 Å². The molecule has 3 rings (SSSR count). The van der Waals surface area contributed by atoms with E-state index in [0.717, 1.165) is 24.0 Å². The van der Waals surface area contributed by atoms with Gasteiger partial charge in [-0.2, -0.15) is 8.42 Å². The van der Waals surface area contributed by atoms with Crippen molar-refractivity contribution in [1.82, 2.24) is 0 Å². The van der Waals surface area contributed by atoms with Gasteiger partial charge in [0.1, 0.15) is 16.2 Å². The van der Waals surface area contributed by atoms with Gasteiger partial charge in [0.25, 0.3) is 0 Å². The van der Waals surface area contributed by atoms with Gasteiger partial charge in [-0.25, -0.2) is 13.2 Å². The fourth-order valence-electron chi connectivity index (χ4n) is 2.51. The molecule has 0 aliphatic carbocycles. The number of sulfone groups is 1. The summed E-state index contributed by atoms with van der Waals surface area (Å²) in [5, 5.41) is 0.675. The van der Waals surface area contributed by atoms with Crippen LogP contribution in [-0.2, 0) is 20.0 Å². The van der Waals surface area contributed by atoms with E-state index in [1.807, 2.05) is 0 Å². The molecule has 0 saturated carbocycles. The van der Waals surface area contributed by atoms with E-state index >= 15 is 0 Å². The number of hydrogen-bond donors (Lipinski definition) is 0. The first-order chi connectivity index (χ1) is 12.5. The predicted octanol–water partition coefficient (Wildman–Crippen LogP) is 2.58. The normalized spacial score (nSPS) is 12.3. The van der Waals surface area contributed by atoms with E-state index in [9.17, 15) is 21.6 Å². The molecule has 0 radical (unpaired) electrons. The van der Waals surface area contributed by atoms with Crippen molar-refractivity contribution in [2.45, 2.75) is 23.6 Å². The van der Waals surface area contributed by atoms with Gasteiger partial charge in [0.15, 0.2) is 9.84 Å². The Morgan fingerprint density at radius 2 is 1.44 bits per heavy atom. The lowest BCUT2D eigenvalue weighted by molar-refractivity contribution is 0.484. The summed E-state index contributed by atoms with van der Waals surface area (Å²) in [6.07, 6.45) is 1.03. The number of rotatable bonds is 4. The molecule has 0 saturated heterocycles. The number of fused-ring (bicyclic) bond motifs is 1. The average Bonchev–Trinajstić information content (AvgIpc) is 2.59. The first kappa shape index (κ1) is 19.1. The van der Waals surface area contributed by atoms with Gasteiger partial charge in [0.2, 0.25) is 0 Å². The van der Waals surface area contributed by atoms with Crippen LogP contribution in [0, 0.1) is 13.8 Å². The van der Waals surface area contributed by atoms with Crippen LogP contribution in [0.4, 0.5) is 0 Å². The maximum atomic E-state index is 12.4. The van der Waals surface area contributed by atoms with Crippen molar-refractivity contribution in [1.29, 1.82) is 0 Å². The molecule has 0 aliphatic rings. The van der Waals surface area contributed by atoms with E-state index < -0.39 is 25.6 Å². The van der Waals surface area contributed by atoms with Crippen molar-refractivity contribution in [3.63, 3.8) is 0 Å². The molecule has 0 aliphatic heterocycles. The fourth-order valence-corrected chi connectivity index (χ4v) is 4.06. The molecule has 2 aromatic carbocycles. The van der Waals surface area contributed by atoms with Crippen LogP contribution in [0.25, 0.3) is 11.0 Å². The van der Waals surface area contributed by atoms with Crippen LogP contribution in [0.1, 0.15) is 11.1 Å². The minimum Gasteiger partial charge on any atom is -0.422 e. The zero-order chi connectivity index (χ0) is 20.0. The van der Waals surface area contributed by atoms with E-state index in [4.69, 9.17) is 8.60 Å². The van der Waals surface area contributed by atoms with Gasteiger partial charge < -0.3 is 8.60 Å². The van der Waals surface area contributed by atoms with Crippen molar-refractivity contribution in [2.75, 3.05) is 6.26 Å². The predicted molar refractivity (Wildman–Crippen MR) is 99.3 cm³/mol. The maximum Gasteiger partial charge on any atom is 0.339 e. The third-order valence-corrected chi connectivity index (χ3v) is 6.56. The Morgan fingerprint density at radius 3 is 2.04 bits per heavy atom. The summed E-state index contributed by atoms with van der Waals surface area (Å²) in [6.45, 7) is 3.42. The van der Waals surface area contributed by atoms with Crippen LogP contribution in [0.3, 0.4) is 0 Å². The smallest absolute Gasteiger partial charge is 0.339 e. The van der Waals surface area contributed by atoms with Gasteiger partial charge in [0, 0.05) is 23.3 Å². The molecule has 27 heavy (non-hydrogen) atoms. The summed E-state index contributed by atoms with van der Waals surface area (Å²) in [4.78, 5) is 11.6. The van der Waals surface area contributed by atoms with Crippen molar-refractivity contribution in [2.24, 2.45) is 0 Å². The van der Waals surface area contributed by atoms with E-state index in [2.05, 4.69) is 0 Å². The van der Waals surface area contributed by atoms with Crippen molar-refractivity contribution in [3.05, 3.63) is 64.0 Å². The summed E-state index contributed by atoms with van der Waals surface area (Å²) < 4.78 is 58.1. The van der Waals surface area contributed by atoms with Crippen LogP contribution in [0.15, 0.2) is 61.5 Å². The maximum absolute atomic E-state index is 12.4. The van der Waals surface area contributed by atoms with Crippen LogP contribution >= 0.6 is 0 Å². The minimum absolute atomic E-state index is 0.000208. The monoisotopic (exact) mass is 408 g/mol. The minimum atomic E-state index is -4.19. The molecule has 0 bridgehead atoms. The molecule has 7 nitrogen and oxygen atoms in total. The number of hydrogen-bond acceptors (Lipinski definition) is 7. The summed E-state index contributed by atoms with van der Waals surface area (Å²) in [5.74, 6) is -0.0268. The lowest BCUT2D eigenvalue weighted by Gasteiger charge is -2.09. The summed E-state index contributed by atoms with van der Waals surface area (Å²) >= 11 is 0. The average molecular weight is 408 g/mol. The Morgan fingerprint density at radius 1 is 0.852 bits per heavy atom. The molecule has 0 spiro atoms. The third kappa shape index (κ3) is 3.74. The zero-order valence-corrected chi connectivity index (χ0v) is 16.3. The molecular weight excluding hydrogens is 392 g/mol. The van der Waals surface area contributed by atoms with E-state index in [1.54, 1.807) is 19.9 Å². The lowest BCUT2D eigenvalue weighted by Crippen LogP contribution is -2.10. The standard InChI is InChI=1S/C18H16O7S2/c1-11-12(2)18(19)24-17-10-13(4-9-16(11)17)25-27(22,23)15-7-5-14(6-8-15)26(3,20)21/h4-10H,1-3H3.